The molecule has 14 heavy (non-hydrogen) atoms. The molecule has 0 bridgehead atoms. The molecule has 0 aromatic carbocycles. The van der Waals surface area contributed by atoms with Crippen LogP contribution in [0.15, 0.2) is 20.2 Å². The van der Waals surface area contributed by atoms with Gasteiger partial charge in [-0.05, 0) is 0 Å². The Hall–Kier alpha value is -0.720. The lowest BCUT2D eigenvalue weighted by molar-refractivity contribution is 0.389. The number of nitrogens with zero attached hydrogens (tertiary/aromatic N) is 2. The van der Waals surface area contributed by atoms with Gasteiger partial charge in [-0.15, -0.1) is 0 Å². The molecule has 2 nitrogen and oxygen atoms in total. The van der Waals surface area contributed by atoms with Crippen molar-refractivity contribution in [3.8, 4) is 6.07 Å². The fraction of sp³-hybridized carbons (Fsp3) is 0.250. The van der Waals surface area contributed by atoms with Crippen LogP contribution in [0.5, 0.6) is 0 Å². The average molecular weight is 324 g/mol. The highest BCUT2D eigenvalue weighted by Gasteiger charge is 2.39. The van der Waals surface area contributed by atoms with Crippen LogP contribution < -0.4 is 0 Å². The molecule has 0 amide bonds. The van der Waals surface area contributed by atoms with Crippen molar-refractivity contribution in [1.29, 1.82) is 5.26 Å². The van der Waals surface area contributed by atoms with Gasteiger partial charge in [-0.3, -0.25) is 0 Å². The fourth-order valence-electron chi connectivity index (χ4n) is 1.04. The third kappa shape index (κ3) is 1.60. The summed E-state index contributed by atoms with van der Waals surface area (Å²) in [6.07, 6.45) is -3.49. The van der Waals surface area contributed by atoms with Gasteiger partial charge in [-0.1, -0.05) is 31.9 Å². The first kappa shape index (κ1) is 11.4. The smallest absolute Gasteiger partial charge is 0.238 e. The van der Waals surface area contributed by atoms with Crippen molar-refractivity contribution in [3.63, 3.8) is 0 Å². The van der Waals surface area contributed by atoms with Crippen LogP contribution in [0.25, 0.3) is 4.85 Å². The summed E-state index contributed by atoms with van der Waals surface area (Å²) in [6, 6.07) is 1.47. The van der Waals surface area contributed by atoms with E-state index in [1.165, 1.54) is 6.07 Å². The second-order valence-corrected chi connectivity index (χ2v) is 4.16. The molecule has 1 rings (SSSR count). The highest BCUT2D eigenvalue weighted by Crippen LogP contribution is 2.43. The average Bonchev–Trinajstić information content (AvgIpc) is 2.37. The van der Waals surface area contributed by atoms with Crippen molar-refractivity contribution in [2.24, 2.45) is 0 Å². The molecule has 6 heteroatoms. The SMILES string of the molecule is [C-]#[N+]C(C#N)=C1C(F)C(Br)=C(Br)C1F. The number of rotatable bonds is 0. The molecule has 1 aliphatic carbocycles. The van der Waals surface area contributed by atoms with Crippen molar-refractivity contribution in [1.82, 2.24) is 0 Å². The van der Waals surface area contributed by atoms with E-state index in [0.29, 0.717) is 0 Å². The second-order valence-electron chi connectivity index (χ2n) is 2.45. The van der Waals surface area contributed by atoms with Gasteiger partial charge in [0.15, 0.2) is 0 Å². The van der Waals surface area contributed by atoms with Crippen molar-refractivity contribution in [3.05, 3.63) is 31.7 Å². The molecule has 0 aromatic rings. The van der Waals surface area contributed by atoms with Crippen LogP contribution in [-0.2, 0) is 0 Å². The minimum absolute atomic E-state index is 0.00333. The molecule has 0 heterocycles. The summed E-state index contributed by atoms with van der Waals surface area (Å²) in [5.41, 5.74) is -0.961. The Labute approximate surface area is 96.0 Å². The predicted molar refractivity (Wildman–Crippen MR) is 53.9 cm³/mol. The van der Waals surface area contributed by atoms with Crippen molar-refractivity contribution in [2.45, 2.75) is 12.3 Å². The summed E-state index contributed by atoms with van der Waals surface area (Å²) < 4.78 is 26.8. The molecule has 2 unspecified atom stereocenters. The van der Waals surface area contributed by atoms with E-state index < -0.39 is 23.6 Å². The van der Waals surface area contributed by atoms with Crippen molar-refractivity contribution in [2.75, 3.05) is 0 Å². The van der Waals surface area contributed by atoms with Crippen LogP contribution in [0.4, 0.5) is 8.78 Å². The Kier molecular flexibility index (Phi) is 3.41. The first-order valence-corrected chi connectivity index (χ1v) is 4.98. The topological polar surface area (TPSA) is 28.1 Å². The quantitative estimate of drug-likeness (QED) is 0.496. The molecule has 0 aliphatic heterocycles. The summed E-state index contributed by atoms with van der Waals surface area (Å²) in [5.74, 6) is 0. The summed E-state index contributed by atoms with van der Waals surface area (Å²) in [6.45, 7) is 6.60. The van der Waals surface area contributed by atoms with Gasteiger partial charge in [0.1, 0.15) is 12.3 Å². The highest BCUT2D eigenvalue weighted by molar-refractivity contribution is 9.14. The molecule has 0 aromatic heterocycles. The van der Waals surface area contributed by atoms with Crippen LogP contribution >= 0.6 is 31.9 Å². The second kappa shape index (κ2) is 4.20. The Morgan fingerprint density at radius 3 is 2.07 bits per heavy atom. The third-order valence-electron chi connectivity index (χ3n) is 1.71. The van der Waals surface area contributed by atoms with Crippen LogP contribution in [-0.4, -0.2) is 12.3 Å². The number of hydrogen-bond donors (Lipinski definition) is 0. The summed E-state index contributed by atoms with van der Waals surface area (Å²) >= 11 is 5.70. The van der Waals surface area contributed by atoms with E-state index in [1.807, 2.05) is 0 Å². The maximum atomic E-state index is 13.4. The Bertz CT molecular complexity index is 378. The number of nitriles is 1. The van der Waals surface area contributed by atoms with Gasteiger partial charge in [0.25, 0.3) is 5.70 Å². The summed E-state index contributed by atoms with van der Waals surface area (Å²) in [4.78, 5) is 2.78. The van der Waals surface area contributed by atoms with E-state index in [4.69, 9.17) is 11.8 Å². The lowest BCUT2D eigenvalue weighted by Crippen LogP contribution is -2.08. The minimum atomic E-state index is -1.75. The van der Waals surface area contributed by atoms with E-state index in [1.54, 1.807) is 0 Å². The maximum Gasteiger partial charge on any atom is 0.267 e. The van der Waals surface area contributed by atoms with Crippen LogP contribution in [0.1, 0.15) is 0 Å². The molecule has 0 saturated carbocycles. The molecular formula is C8H2Br2F2N2. The number of allylic oxidation sites excluding steroid dienone is 4. The lowest BCUT2D eigenvalue weighted by Gasteiger charge is -2.05. The largest absolute Gasteiger partial charge is 0.267 e. The monoisotopic (exact) mass is 322 g/mol. The first-order valence-electron chi connectivity index (χ1n) is 3.39. The molecule has 0 radical (unpaired) electrons. The molecule has 0 spiro atoms. The zero-order valence-corrected chi connectivity index (χ0v) is 9.73. The lowest BCUT2D eigenvalue weighted by atomic mass is 10.1. The van der Waals surface area contributed by atoms with Crippen molar-refractivity contribution < 1.29 is 8.78 Å². The van der Waals surface area contributed by atoms with E-state index in [0.717, 1.165) is 0 Å². The first-order chi connectivity index (χ1) is 6.54. The van der Waals surface area contributed by atoms with E-state index >= 15 is 0 Å². The van der Waals surface area contributed by atoms with Gasteiger partial charge in [0.2, 0.25) is 0 Å². The molecule has 0 N–H and O–H groups in total. The van der Waals surface area contributed by atoms with Gasteiger partial charge < -0.3 is 0 Å². The maximum absolute atomic E-state index is 13.4. The van der Waals surface area contributed by atoms with Crippen LogP contribution in [0, 0.1) is 17.9 Å². The number of alkyl halides is 2. The summed E-state index contributed by atoms with van der Waals surface area (Å²) in [7, 11) is 0. The van der Waals surface area contributed by atoms with Gasteiger partial charge in [-0.25, -0.2) is 18.9 Å². The minimum Gasteiger partial charge on any atom is -0.238 e. The number of halogens is 4. The van der Waals surface area contributed by atoms with Gasteiger partial charge >= 0.3 is 0 Å². The fourth-order valence-corrected chi connectivity index (χ4v) is 1.93. The molecule has 72 valence electrons. The highest BCUT2D eigenvalue weighted by atomic mass is 79.9. The number of hydrogen-bond acceptors (Lipinski definition) is 1. The molecular weight excluding hydrogens is 322 g/mol. The van der Waals surface area contributed by atoms with E-state index in [9.17, 15) is 8.78 Å². The third-order valence-corrected chi connectivity index (χ3v) is 3.90. The molecule has 2 atom stereocenters. The normalized spacial score (nSPS) is 26.0. The predicted octanol–water partition coefficient (Wildman–Crippen LogP) is 3.37. The molecule has 1 aliphatic rings. The van der Waals surface area contributed by atoms with Gasteiger partial charge in [0, 0.05) is 14.5 Å². The van der Waals surface area contributed by atoms with Gasteiger partial charge in [0.05, 0.1) is 12.6 Å². The Morgan fingerprint density at radius 1 is 1.36 bits per heavy atom. The van der Waals surface area contributed by atoms with E-state index in [2.05, 4.69) is 36.7 Å². The zero-order chi connectivity index (χ0) is 10.9. The Morgan fingerprint density at radius 2 is 1.79 bits per heavy atom. The van der Waals surface area contributed by atoms with Crippen LogP contribution in [0.2, 0.25) is 0 Å². The summed E-state index contributed by atoms with van der Waals surface area (Å²) in [5, 5.41) is 8.49. The van der Waals surface area contributed by atoms with Crippen molar-refractivity contribution >= 4 is 31.9 Å². The van der Waals surface area contributed by atoms with Gasteiger partial charge in [-0.2, -0.15) is 0 Å². The standard InChI is InChI=1S/C8H2Br2F2N2/c1-14-3(2-13)4-7(11)5(9)6(10)8(4)12/h7-8H. The zero-order valence-electron chi connectivity index (χ0n) is 6.56. The molecule has 0 fully saturated rings. The molecule has 0 saturated heterocycles. The van der Waals surface area contributed by atoms with Crippen LogP contribution in [0.3, 0.4) is 0 Å². The Balaban J connectivity index is 3.30. The van der Waals surface area contributed by atoms with E-state index in [-0.39, 0.29) is 8.96 Å².